The molecule has 0 radical (unpaired) electrons. The van der Waals surface area contributed by atoms with E-state index in [4.69, 9.17) is 9.47 Å². The average molecular weight is 349 g/mol. The molecule has 1 heterocycles. The second kappa shape index (κ2) is 7.20. The van der Waals surface area contributed by atoms with Gasteiger partial charge in [-0.05, 0) is 36.1 Å². The fourth-order valence-electron chi connectivity index (χ4n) is 3.72. The van der Waals surface area contributed by atoms with Gasteiger partial charge in [0.05, 0.1) is 32.2 Å². The Bertz CT molecular complexity index is 881. The van der Waals surface area contributed by atoms with Crippen molar-refractivity contribution in [2.75, 3.05) is 14.2 Å². The quantitative estimate of drug-likeness (QED) is 0.667. The molecule has 1 aromatic heterocycles. The van der Waals surface area contributed by atoms with Crippen LogP contribution < -0.4 is 9.47 Å². The summed E-state index contributed by atoms with van der Waals surface area (Å²) in [5.74, 6) is 1.47. The van der Waals surface area contributed by atoms with Crippen molar-refractivity contribution in [2.45, 2.75) is 31.7 Å². The van der Waals surface area contributed by atoms with Gasteiger partial charge in [0.15, 0.2) is 11.5 Å². The second-order valence-corrected chi connectivity index (χ2v) is 6.65. The second-order valence-electron chi connectivity index (χ2n) is 6.65. The number of benzene rings is 2. The highest BCUT2D eigenvalue weighted by molar-refractivity contribution is 5.70. The Morgan fingerprint density at radius 3 is 2.19 bits per heavy atom. The van der Waals surface area contributed by atoms with Gasteiger partial charge >= 0.3 is 0 Å². The highest BCUT2D eigenvalue weighted by Crippen LogP contribution is 2.35. The van der Waals surface area contributed by atoms with Gasteiger partial charge in [0.2, 0.25) is 0 Å². The molecule has 4 rings (SSSR count). The minimum absolute atomic E-state index is 0.484. The minimum Gasteiger partial charge on any atom is -0.493 e. The number of nitrogens with zero attached hydrogens (tertiary/aromatic N) is 3. The smallest absolute Gasteiger partial charge is 0.161 e. The first kappa shape index (κ1) is 16.6. The maximum atomic E-state index is 5.41. The lowest BCUT2D eigenvalue weighted by Gasteiger charge is -2.13. The fraction of sp³-hybridized carbons (Fsp3) is 0.333. The van der Waals surface area contributed by atoms with E-state index in [1.165, 1.54) is 25.7 Å². The number of hydrogen-bond donors (Lipinski definition) is 0. The zero-order valence-electron chi connectivity index (χ0n) is 15.2. The molecular weight excluding hydrogens is 326 g/mol. The van der Waals surface area contributed by atoms with Gasteiger partial charge in [0.1, 0.15) is 0 Å². The number of rotatable bonds is 5. The first-order valence-corrected chi connectivity index (χ1v) is 9.03. The maximum absolute atomic E-state index is 5.41. The van der Waals surface area contributed by atoms with Crippen molar-refractivity contribution in [3.05, 3.63) is 48.7 Å². The summed E-state index contributed by atoms with van der Waals surface area (Å²) in [6.45, 7) is 0. The third-order valence-electron chi connectivity index (χ3n) is 5.14. The van der Waals surface area contributed by atoms with Gasteiger partial charge < -0.3 is 9.47 Å². The first-order valence-electron chi connectivity index (χ1n) is 9.03. The summed E-state index contributed by atoms with van der Waals surface area (Å²) >= 11 is 0. The summed E-state index contributed by atoms with van der Waals surface area (Å²) < 4.78 is 12.8. The Balaban J connectivity index is 1.63. The number of ether oxygens (including phenoxy) is 2. The minimum atomic E-state index is 0.484. The van der Waals surface area contributed by atoms with Crippen molar-refractivity contribution >= 4 is 0 Å². The van der Waals surface area contributed by atoms with Crippen molar-refractivity contribution < 1.29 is 9.47 Å². The summed E-state index contributed by atoms with van der Waals surface area (Å²) in [6.07, 6.45) is 6.81. The molecule has 1 saturated carbocycles. The van der Waals surface area contributed by atoms with E-state index >= 15 is 0 Å². The Kier molecular flexibility index (Phi) is 4.61. The normalized spacial score (nSPS) is 14.5. The van der Waals surface area contributed by atoms with Gasteiger partial charge in [-0.3, -0.25) is 0 Å². The molecule has 26 heavy (non-hydrogen) atoms. The zero-order valence-corrected chi connectivity index (χ0v) is 15.2. The topological polar surface area (TPSA) is 49.2 Å². The van der Waals surface area contributed by atoms with Crippen LogP contribution in [-0.4, -0.2) is 29.2 Å². The molecule has 5 heteroatoms. The van der Waals surface area contributed by atoms with E-state index in [1.807, 2.05) is 24.4 Å². The van der Waals surface area contributed by atoms with Crippen molar-refractivity contribution in [2.24, 2.45) is 0 Å². The van der Waals surface area contributed by atoms with Crippen LogP contribution >= 0.6 is 0 Å². The predicted octanol–water partition coefficient (Wildman–Crippen LogP) is 4.74. The molecule has 0 saturated heterocycles. The van der Waals surface area contributed by atoms with Gasteiger partial charge in [-0.2, -0.15) is 0 Å². The van der Waals surface area contributed by atoms with Crippen molar-refractivity contribution in [3.8, 4) is 33.9 Å². The van der Waals surface area contributed by atoms with Crippen LogP contribution in [0.5, 0.6) is 11.5 Å². The van der Waals surface area contributed by atoms with E-state index in [2.05, 4.69) is 39.3 Å². The van der Waals surface area contributed by atoms with Crippen LogP contribution in [-0.2, 0) is 0 Å². The SMILES string of the molecule is COc1ccc(-c2ccc(-c3cnnn3C3CCCC3)cc2)cc1OC. The maximum Gasteiger partial charge on any atom is 0.161 e. The summed E-state index contributed by atoms with van der Waals surface area (Å²) in [5.41, 5.74) is 4.47. The molecule has 0 atom stereocenters. The standard InChI is InChI=1S/C21H23N3O2/c1-25-20-12-11-17(13-21(20)26-2)15-7-9-16(10-8-15)19-14-22-23-24(19)18-5-3-4-6-18/h7-14,18H,3-6H2,1-2H3. The van der Waals surface area contributed by atoms with Crippen molar-refractivity contribution in [3.63, 3.8) is 0 Å². The molecule has 134 valence electrons. The van der Waals surface area contributed by atoms with Gasteiger partial charge in [-0.1, -0.05) is 48.4 Å². The van der Waals surface area contributed by atoms with Crippen LogP contribution in [0.3, 0.4) is 0 Å². The third-order valence-corrected chi connectivity index (χ3v) is 5.14. The van der Waals surface area contributed by atoms with Crippen LogP contribution in [0, 0.1) is 0 Å². The van der Waals surface area contributed by atoms with Gasteiger partial charge in [0.25, 0.3) is 0 Å². The molecule has 0 spiro atoms. The van der Waals surface area contributed by atoms with Crippen LogP contribution in [0.1, 0.15) is 31.7 Å². The monoisotopic (exact) mass is 349 g/mol. The lowest BCUT2D eigenvalue weighted by atomic mass is 10.0. The van der Waals surface area contributed by atoms with Crippen molar-refractivity contribution in [1.29, 1.82) is 0 Å². The lowest BCUT2D eigenvalue weighted by molar-refractivity contribution is 0.355. The Morgan fingerprint density at radius 1 is 0.846 bits per heavy atom. The van der Waals surface area contributed by atoms with Crippen LogP contribution in [0.15, 0.2) is 48.7 Å². The Hall–Kier alpha value is -2.82. The zero-order chi connectivity index (χ0) is 17.9. The predicted molar refractivity (Wildman–Crippen MR) is 102 cm³/mol. The lowest BCUT2D eigenvalue weighted by Crippen LogP contribution is -2.08. The molecule has 0 bridgehead atoms. The van der Waals surface area contributed by atoms with Gasteiger partial charge in [0, 0.05) is 5.56 Å². The van der Waals surface area contributed by atoms with Crippen LogP contribution in [0.25, 0.3) is 22.4 Å². The Labute approximate surface area is 153 Å². The molecule has 5 nitrogen and oxygen atoms in total. The molecule has 1 aliphatic carbocycles. The molecule has 0 aliphatic heterocycles. The average Bonchev–Trinajstić information content (AvgIpc) is 3.39. The summed E-state index contributed by atoms with van der Waals surface area (Å²) in [7, 11) is 3.30. The molecule has 0 amide bonds. The third kappa shape index (κ3) is 3.05. The van der Waals surface area contributed by atoms with E-state index in [9.17, 15) is 0 Å². The fourth-order valence-corrected chi connectivity index (χ4v) is 3.72. The molecular formula is C21H23N3O2. The largest absolute Gasteiger partial charge is 0.493 e. The summed E-state index contributed by atoms with van der Waals surface area (Å²) in [6, 6.07) is 15.0. The Morgan fingerprint density at radius 2 is 1.50 bits per heavy atom. The van der Waals surface area contributed by atoms with E-state index < -0.39 is 0 Å². The summed E-state index contributed by atoms with van der Waals surface area (Å²) in [4.78, 5) is 0. The van der Waals surface area contributed by atoms with Gasteiger partial charge in [-0.15, -0.1) is 5.10 Å². The van der Waals surface area contributed by atoms with E-state index in [-0.39, 0.29) is 0 Å². The highest BCUT2D eigenvalue weighted by Gasteiger charge is 2.21. The molecule has 3 aromatic rings. The van der Waals surface area contributed by atoms with E-state index in [1.54, 1.807) is 14.2 Å². The molecule has 1 fully saturated rings. The number of aromatic nitrogens is 3. The van der Waals surface area contributed by atoms with Gasteiger partial charge in [-0.25, -0.2) is 4.68 Å². The molecule has 0 N–H and O–H groups in total. The number of hydrogen-bond acceptors (Lipinski definition) is 4. The molecule has 1 aliphatic rings. The van der Waals surface area contributed by atoms with E-state index in [0.717, 1.165) is 33.9 Å². The number of methoxy groups -OCH3 is 2. The molecule has 2 aromatic carbocycles. The summed E-state index contributed by atoms with van der Waals surface area (Å²) in [5, 5.41) is 8.48. The van der Waals surface area contributed by atoms with E-state index in [0.29, 0.717) is 6.04 Å². The highest BCUT2D eigenvalue weighted by atomic mass is 16.5. The van der Waals surface area contributed by atoms with Crippen LogP contribution in [0.2, 0.25) is 0 Å². The van der Waals surface area contributed by atoms with Crippen LogP contribution in [0.4, 0.5) is 0 Å². The van der Waals surface area contributed by atoms with Crippen molar-refractivity contribution in [1.82, 2.24) is 15.0 Å². The molecule has 0 unspecified atom stereocenters. The first-order chi connectivity index (χ1) is 12.8.